The van der Waals surface area contributed by atoms with E-state index in [-0.39, 0.29) is 17.1 Å². The molecule has 1 aromatic carbocycles. The van der Waals surface area contributed by atoms with Crippen LogP contribution in [-0.4, -0.2) is 32.3 Å². The summed E-state index contributed by atoms with van der Waals surface area (Å²) in [6.45, 7) is 2.72. The summed E-state index contributed by atoms with van der Waals surface area (Å²) < 4.78 is 2.85. The van der Waals surface area contributed by atoms with Crippen molar-refractivity contribution in [3.05, 3.63) is 73.6 Å². The number of amides is 1. The molecule has 10 heteroatoms. The monoisotopic (exact) mass is 430 g/mol. The van der Waals surface area contributed by atoms with Gasteiger partial charge in [-0.05, 0) is 18.1 Å². The standard InChI is InChI=1S/C20H23ClN6O3/c1-3-4-9-27-17(22)16(18(28)24-20(27)30)25(2)19(29)14-10-23-26(12-14)11-13-7-5-6-8-15(13)21/h5-8,10,12H,3-4,9,11,22H2,1-2H3,(H,24,28,30). The zero-order valence-corrected chi connectivity index (χ0v) is 17.5. The van der Waals surface area contributed by atoms with Crippen molar-refractivity contribution in [2.75, 3.05) is 17.7 Å². The number of rotatable bonds is 7. The molecule has 3 rings (SSSR count). The first-order valence-corrected chi connectivity index (χ1v) is 9.87. The molecule has 158 valence electrons. The summed E-state index contributed by atoms with van der Waals surface area (Å²) >= 11 is 6.18. The number of unbranched alkanes of at least 4 members (excludes halogenated alkanes) is 1. The average Bonchev–Trinajstić information content (AvgIpc) is 3.17. The maximum Gasteiger partial charge on any atom is 0.330 e. The Labute approximate surface area is 177 Å². The Hall–Kier alpha value is -3.33. The van der Waals surface area contributed by atoms with E-state index in [9.17, 15) is 14.4 Å². The van der Waals surface area contributed by atoms with Crippen molar-refractivity contribution >= 4 is 29.0 Å². The van der Waals surface area contributed by atoms with Crippen LogP contribution in [0.4, 0.5) is 11.5 Å². The quantitative estimate of drug-likeness (QED) is 0.594. The van der Waals surface area contributed by atoms with E-state index in [1.807, 2.05) is 25.1 Å². The Morgan fingerprint density at radius 2 is 2.03 bits per heavy atom. The molecule has 2 heterocycles. The first kappa shape index (κ1) is 21.4. The highest BCUT2D eigenvalue weighted by Gasteiger charge is 2.23. The molecule has 1 amide bonds. The molecule has 0 unspecified atom stereocenters. The van der Waals surface area contributed by atoms with Gasteiger partial charge in [0.25, 0.3) is 11.5 Å². The van der Waals surface area contributed by atoms with Gasteiger partial charge >= 0.3 is 5.69 Å². The molecule has 0 fully saturated rings. The minimum Gasteiger partial charge on any atom is -0.383 e. The summed E-state index contributed by atoms with van der Waals surface area (Å²) in [6, 6.07) is 7.36. The van der Waals surface area contributed by atoms with Crippen LogP contribution in [0.15, 0.2) is 46.2 Å². The SMILES string of the molecule is CCCCn1c(N)c(N(C)C(=O)c2cnn(Cc3ccccc3Cl)c2)c(=O)[nH]c1=O. The summed E-state index contributed by atoms with van der Waals surface area (Å²) in [6.07, 6.45) is 4.54. The topological polar surface area (TPSA) is 119 Å². The van der Waals surface area contributed by atoms with E-state index < -0.39 is 17.2 Å². The molecule has 0 spiro atoms. The first-order chi connectivity index (χ1) is 14.3. The van der Waals surface area contributed by atoms with Crippen LogP contribution in [0.25, 0.3) is 0 Å². The zero-order chi connectivity index (χ0) is 21.8. The molecule has 3 aromatic rings. The minimum atomic E-state index is -0.718. The third-order valence-corrected chi connectivity index (χ3v) is 5.13. The van der Waals surface area contributed by atoms with Crippen LogP contribution >= 0.6 is 11.6 Å². The highest BCUT2D eigenvalue weighted by Crippen LogP contribution is 2.19. The highest BCUT2D eigenvalue weighted by molar-refractivity contribution is 6.31. The Bertz CT molecular complexity index is 1180. The summed E-state index contributed by atoms with van der Waals surface area (Å²) in [5.41, 5.74) is 5.83. The number of hydrogen-bond acceptors (Lipinski definition) is 5. The van der Waals surface area contributed by atoms with Gasteiger partial charge in [-0.2, -0.15) is 5.10 Å². The third kappa shape index (κ3) is 4.30. The molecule has 0 bridgehead atoms. The molecule has 0 aliphatic carbocycles. The number of carbonyl (C=O) groups is 1. The number of aromatic nitrogens is 4. The number of hydrogen-bond donors (Lipinski definition) is 2. The number of nitrogens with zero attached hydrogens (tertiary/aromatic N) is 4. The van der Waals surface area contributed by atoms with Crippen molar-refractivity contribution in [2.24, 2.45) is 0 Å². The van der Waals surface area contributed by atoms with Gasteiger partial charge in [0.05, 0.1) is 18.3 Å². The van der Waals surface area contributed by atoms with Crippen molar-refractivity contribution in [2.45, 2.75) is 32.9 Å². The fourth-order valence-corrected chi connectivity index (χ4v) is 3.29. The Morgan fingerprint density at radius 1 is 1.30 bits per heavy atom. The van der Waals surface area contributed by atoms with Crippen LogP contribution in [0.1, 0.15) is 35.7 Å². The van der Waals surface area contributed by atoms with E-state index >= 15 is 0 Å². The van der Waals surface area contributed by atoms with E-state index in [1.165, 1.54) is 17.8 Å². The molecule has 0 radical (unpaired) electrons. The number of nitrogen functional groups attached to an aromatic ring is 1. The number of H-pyrrole nitrogens is 1. The van der Waals surface area contributed by atoms with Crippen molar-refractivity contribution in [1.29, 1.82) is 0 Å². The van der Waals surface area contributed by atoms with Crippen LogP contribution in [0.3, 0.4) is 0 Å². The van der Waals surface area contributed by atoms with E-state index in [0.717, 1.165) is 16.9 Å². The van der Waals surface area contributed by atoms with Gasteiger partial charge in [-0.1, -0.05) is 43.1 Å². The summed E-state index contributed by atoms with van der Waals surface area (Å²) in [5.74, 6) is -0.519. The predicted octanol–water partition coefficient (Wildman–Crippen LogP) is 2.09. The first-order valence-electron chi connectivity index (χ1n) is 9.50. The summed E-state index contributed by atoms with van der Waals surface area (Å²) in [7, 11) is 1.43. The molecule has 3 N–H and O–H groups in total. The molecular weight excluding hydrogens is 408 g/mol. The lowest BCUT2D eigenvalue weighted by atomic mass is 10.2. The molecule has 0 aliphatic rings. The van der Waals surface area contributed by atoms with E-state index in [1.54, 1.807) is 16.9 Å². The molecule has 0 atom stereocenters. The molecule has 0 saturated carbocycles. The lowest BCUT2D eigenvalue weighted by molar-refractivity contribution is 0.0992. The number of nitrogens with two attached hydrogens (primary N) is 1. The van der Waals surface area contributed by atoms with Gasteiger partial charge in [-0.25, -0.2) is 4.79 Å². The maximum absolute atomic E-state index is 12.9. The second-order valence-corrected chi connectivity index (χ2v) is 7.29. The second kappa shape index (κ2) is 9.00. The van der Waals surface area contributed by atoms with Gasteiger partial charge in [0.15, 0.2) is 5.69 Å². The number of carbonyl (C=O) groups excluding carboxylic acids is 1. The smallest absolute Gasteiger partial charge is 0.330 e. The van der Waals surface area contributed by atoms with Crippen LogP contribution in [-0.2, 0) is 13.1 Å². The normalized spacial score (nSPS) is 10.9. The molecule has 0 saturated heterocycles. The van der Waals surface area contributed by atoms with Crippen LogP contribution in [0.5, 0.6) is 0 Å². The zero-order valence-electron chi connectivity index (χ0n) is 16.8. The van der Waals surface area contributed by atoms with E-state index in [0.29, 0.717) is 24.5 Å². The van der Waals surface area contributed by atoms with E-state index in [4.69, 9.17) is 17.3 Å². The van der Waals surface area contributed by atoms with Crippen LogP contribution in [0, 0.1) is 0 Å². The Morgan fingerprint density at radius 3 is 2.73 bits per heavy atom. The predicted molar refractivity (Wildman–Crippen MR) is 116 cm³/mol. The summed E-state index contributed by atoms with van der Waals surface area (Å²) in [5, 5.41) is 4.81. The number of halogens is 1. The lowest BCUT2D eigenvalue weighted by Crippen LogP contribution is -2.39. The number of aromatic amines is 1. The highest BCUT2D eigenvalue weighted by atomic mass is 35.5. The number of nitrogens with one attached hydrogen (secondary N) is 1. The largest absolute Gasteiger partial charge is 0.383 e. The average molecular weight is 431 g/mol. The number of anilines is 2. The summed E-state index contributed by atoms with van der Waals surface area (Å²) in [4.78, 5) is 40.8. The minimum absolute atomic E-state index is 0.0449. The van der Waals surface area contributed by atoms with Crippen molar-refractivity contribution in [3.8, 4) is 0 Å². The fraction of sp³-hybridized carbons (Fsp3) is 0.300. The maximum atomic E-state index is 12.9. The fourth-order valence-electron chi connectivity index (χ4n) is 3.10. The molecular formula is C20H23ClN6O3. The van der Waals surface area contributed by atoms with Crippen LogP contribution < -0.4 is 21.9 Å². The van der Waals surface area contributed by atoms with Gasteiger partial charge in [-0.15, -0.1) is 0 Å². The lowest BCUT2D eigenvalue weighted by Gasteiger charge is -2.19. The number of benzene rings is 1. The van der Waals surface area contributed by atoms with Crippen molar-refractivity contribution < 1.29 is 4.79 Å². The van der Waals surface area contributed by atoms with Crippen molar-refractivity contribution in [1.82, 2.24) is 19.3 Å². The second-order valence-electron chi connectivity index (χ2n) is 6.88. The van der Waals surface area contributed by atoms with Gasteiger partial charge in [0.1, 0.15) is 5.82 Å². The molecule has 0 aliphatic heterocycles. The van der Waals surface area contributed by atoms with Crippen molar-refractivity contribution in [3.63, 3.8) is 0 Å². The Kier molecular flexibility index (Phi) is 6.41. The van der Waals surface area contributed by atoms with Gasteiger partial charge in [0.2, 0.25) is 0 Å². The van der Waals surface area contributed by atoms with Crippen LogP contribution in [0.2, 0.25) is 5.02 Å². The molecule has 30 heavy (non-hydrogen) atoms. The van der Waals surface area contributed by atoms with Gasteiger partial charge in [0, 0.05) is 24.8 Å². The molecule has 9 nitrogen and oxygen atoms in total. The van der Waals surface area contributed by atoms with Gasteiger partial charge < -0.3 is 10.6 Å². The molecule has 2 aromatic heterocycles. The van der Waals surface area contributed by atoms with Gasteiger partial charge in [-0.3, -0.25) is 23.8 Å². The van der Waals surface area contributed by atoms with E-state index in [2.05, 4.69) is 10.1 Å². The third-order valence-electron chi connectivity index (χ3n) is 4.76. The Balaban J connectivity index is 1.88.